The number of esters is 1. The number of methoxy groups -OCH3 is 1. The maximum atomic E-state index is 12.3. The number of nitrogens with zero attached hydrogens (tertiary/aromatic N) is 3. The van der Waals surface area contributed by atoms with Gasteiger partial charge in [0.2, 0.25) is 17.8 Å². The van der Waals surface area contributed by atoms with Crippen molar-refractivity contribution in [3.8, 4) is 0 Å². The summed E-state index contributed by atoms with van der Waals surface area (Å²) < 4.78 is 40.4. The number of unbranched alkanes of at least 4 members (excludes halogenated alkanes) is 1. The van der Waals surface area contributed by atoms with Gasteiger partial charge in [0.15, 0.2) is 0 Å². The number of aryl methyl sites for hydroxylation is 1. The summed E-state index contributed by atoms with van der Waals surface area (Å²) in [7, 11) is -3.63. The largest absolute Gasteiger partial charge is 0.466 e. The Morgan fingerprint density at radius 2 is 2.04 bits per heavy atom. The van der Waals surface area contributed by atoms with Crippen LogP contribution in [0.1, 0.15) is 33.6 Å². The summed E-state index contributed by atoms with van der Waals surface area (Å²) in [5.74, 6) is -1.64. The van der Waals surface area contributed by atoms with Gasteiger partial charge in [0.1, 0.15) is 12.4 Å². The molecule has 1 aromatic rings. The van der Waals surface area contributed by atoms with Gasteiger partial charge in [-0.25, -0.2) is 18.2 Å². The standard InChI is InChI=1S/C14H23N3O6S/c1-5-6-7-15-8-9-16(11-15)14(3,13(19)23-4)10-17(12(2)18)24(20,21)22/h8-9,11H,5-7,10H2,1-4H3/p+1/t14-/m0/s1. The van der Waals surface area contributed by atoms with Crippen LogP contribution in [-0.4, -0.2) is 47.4 Å². The fourth-order valence-corrected chi connectivity index (χ4v) is 3.01. The average Bonchev–Trinajstić information content (AvgIpc) is 2.97. The van der Waals surface area contributed by atoms with Gasteiger partial charge in [-0.15, -0.1) is 0 Å². The lowest BCUT2D eigenvalue weighted by Crippen LogP contribution is -2.52. The molecule has 0 aromatic carbocycles. The number of carbonyl (C=O) groups excluding carboxylic acids is 2. The summed E-state index contributed by atoms with van der Waals surface area (Å²) in [6.07, 6.45) is 6.90. The van der Waals surface area contributed by atoms with Crippen molar-refractivity contribution in [2.45, 2.75) is 45.7 Å². The molecule has 0 spiro atoms. The molecular formula is C14H24N3O6S+. The minimum atomic E-state index is -4.80. The second kappa shape index (κ2) is 7.75. The predicted molar refractivity (Wildman–Crippen MR) is 84.1 cm³/mol. The molecule has 0 fully saturated rings. The Bertz CT molecular complexity index is 699. The molecule has 1 atom stereocenters. The van der Waals surface area contributed by atoms with Gasteiger partial charge >= 0.3 is 16.3 Å². The first kappa shape index (κ1) is 20.1. The lowest BCUT2D eigenvalue weighted by atomic mass is 10.0. The van der Waals surface area contributed by atoms with Crippen molar-refractivity contribution in [2.75, 3.05) is 13.7 Å². The van der Waals surface area contributed by atoms with Crippen LogP contribution in [0.2, 0.25) is 0 Å². The first-order valence-corrected chi connectivity index (χ1v) is 8.87. The molecule has 0 bridgehead atoms. The minimum absolute atomic E-state index is 0.236. The van der Waals surface area contributed by atoms with Gasteiger partial charge in [0.25, 0.3) is 0 Å². The normalized spacial score (nSPS) is 14.0. The van der Waals surface area contributed by atoms with E-state index < -0.39 is 34.3 Å². The molecule has 0 unspecified atom stereocenters. The Hall–Kier alpha value is -1.94. The number of rotatable bonds is 8. The lowest BCUT2D eigenvalue weighted by Gasteiger charge is -2.28. The number of aromatic nitrogens is 2. The van der Waals surface area contributed by atoms with Gasteiger partial charge in [-0.05, 0) is 13.3 Å². The van der Waals surface area contributed by atoms with Crippen LogP contribution >= 0.6 is 0 Å². The third-order valence-electron chi connectivity index (χ3n) is 3.74. The monoisotopic (exact) mass is 362 g/mol. The summed E-state index contributed by atoms with van der Waals surface area (Å²) in [5, 5.41) is 0. The second-order valence-corrected chi connectivity index (χ2v) is 7.02. The van der Waals surface area contributed by atoms with E-state index in [-0.39, 0.29) is 4.31 Å². The van der Waals surface area contributed by atoms with Gasteiger partial charge in [-0.1, -0.05) is 13.3 Å². The van der Waals surface area contributed by atoms with Crippen molar-refractivity contribution in [3.05, 3.63) is 18.7 Å². The second-order valence-electron chi connectivity index (χ2n) is 5.68. The Morgan fingerprint density at radius 3 is 2.50 bits per heavy atom. The van der Waals surface area contributed by atoms with Crippen LogP contribution < -0.4 is 4.57 Å². The van der Waals surface area contributed by atoms with Crippen molar-refractivity contribution >= 4 is 22.2 Å². The van der Waals surface area contributed by atoms with E-state index in [0.29, 0.717) is 0 Å². The topological polar surface area (TPSA) is 110 Å². The number of imidazole rings is 1. The quantitative estimate of drug-likeness (QED) is 0.399. The number of amides is 1. The molecule has 1 heterocycles. The summed E-state index contributed by atoms with van der Waals surface area (Å²) in [6.45, 7) is 4.62. The van der Waals surface area contributed by atoms with Crippen molar-refractivity contribution in [1.82, 2.24) is 8.87 Å². The van der Waals surface area contributed by atoms with Crippen LogP contribution in [-0.2, 0) is 36.7 Å². The molecule has 0 saturated carbocycles. The highest BCUT2D eigenvalue weighted by molar-refractivity contribution is 7.84. The average molecular weight is 362 g/mol. The Morgan fingerprint density at radius 1 is 1.42 bits per heavy atom. The molecule has 0 aliphatic heterocycles. The van der Waals surface area contributed by atoms with Crippen LogP contribution in [0.4, 0.5) is 0 Å². The molecule has 136 valence electrons. The van der Waals surface area contributed by atoms with E-state index in [1.807, 2.05) is 11.5 Å². The van der Waals surface area contributed by atoms with E-state index in [1.54, 1.807) is 18.7 Å². The fraction of sp³-hybridized carbons (Fsp3) is 0.643. The molecule has 1 aromatic heterocycles. The maximum absolute atomic E-state index is 12.3. The fourth-order valence-electron chi connectivity index (χ4n) is 2.27. The third-order valence-corrected chi connectivity index (χ3v) is 4.68. The number of hydrogen-bond donors (Lipinski definition) is 1. The smallest absolute Gasteiger partial charge is 0.362 e. The number of ether oxygens (including phenoxy) is 1. The first-order valence-electron chi connectivity index (χ1n) is 7.48. The van der Waals surface area contributed by atoms with Crippen LogP contribution in [0.25, 0.3) is 0 Å². The Labute approximate surface area is 141 Å². The zero-order chi connectivity index (χ0) is 18.5. The van der Waals surface area contributed by atoms with Crippen molar-refractivity contribution in [1.29, 1.82) is 0 Å². The number of carbonyl (C=O) groups is 2. The third kappa shape index (κ3) is 4.54. The first-order chi connectivity index (χ1) is 11.1. The van der Waals surface area contributed by atoms with Gasteiger partial charge in [0, 0.05) is 6.92 Å². The molecule has 10 heteroatoms. The van der Waals surface area contributed by atoms with E-state index in [4.69, 9.17) is 4.74 Å². The van der Waals surface area contributed by atoms with Crippen LogP contribution in [0.15, 0.2) is 18.7 Å². The molecule has 24 heavy (non-hydrogen) atoms. The van der Waals surface area contributed by atoms with Crippen molar-refractivity contribution in [2.24, 2.45) is 0 Å². The summed E-state index contributed by atoms with van der Waals surface area (Å²) >= 11 is 0. The van der Waals surface area contributed by atoms with E-state index in [1.165, 1.54) is 18.6 Å². The molecule has 1 rings (SSSR count). The Balaban J connectivity index is 3.26. The zero-order valence-corrected chi connectivity index (χ0v) is 15.1. The summed E-state index contributed by atoms with van der Waals surface area (Å²) in [6, 6.07) is 0. The molecule has 0 radical (unpaired) electrons. The van der Waals surface area contributed by atoms with E-state index in [0.717, 1.165) is 26.3 Å². The van der Waals surface area contributed by atoms with Crippen molar-refractivity contribution in [3.63, 3.8) is 0 Å². The molecule has 1 N–H and O–H groups in total. The predicted octanol–water partition coefficient (Wildman–Crippen LogP) is 0.115. The van der Waals surface area contributed by atoms with E-state index in [2.05, 4.69) is 0 Å². The molecular weight excluding hydrogens is 338 g/mol. The highest BCUT2D eigenvalue weighted by Gasteiger charge is 2.46. The summed E-state index contributed by atoms with van der Waals surface area (Å²) in [4.78, 5) is 23.9. The number of hydrogen-bond acceptors (Lipinski definition) is 5. The minimum Gasteiger partial charge on any atom is -0.466 e. The Kier molecular flexibility index (Phi) is 6.50. The highest BCUT2D eigenvalue weighted by atomic mass is 32.2. The van der Waals surface area contributed by atoms with E-state index >= 15 is 0 Å². The lowest BCUT2D eigenvalue weighted by molar-refractivity contribution is -0.697. The molecule has 0 aliphatic carbocycles. The van der Waals surface area contributed by atoms with Gasteiger partial charge < -0.3 is 4.74 Å². The maximum Gasteiger partial charge on any atom is 0.362 e. The van der Waals surface area contributed by atoms with Gasteiger partial charge in [-0.2, -0.15) is 8.42 Å². The van der Waals surface area contributed by atoms with Crippen LogP contribution in [0.3, 0.4) is 0 Å². The van der Waals surface area contributed by atoms with Gasteiger partial charge in [0.05, 0.1) is 20.2 Å². The van der Waals surface area contributed by atoms with E-state index in [9.17, 15) is 22.6 Å². The van der Waals surface area contributed by atoms with Crippen LogP contribution in [0, 0.1) is 0 Å². The molecule has 9 nitrogen and oxygen atoms in total. The zero-order valence-electron chi connectivity index (χ0n) is 14.3. The van der Waals surface area contributed by atoms with Crippen LogP contribution in [0.5, 0.6) is 0 Å². The highest BCUT2D eigenvalue weighted by Crippen LogP contribution is 2.21. The summed E-state index contributed by atoms with van der Waals surface area (Å²) in [5.41, 5.74) is -1.52. The van der Waals surface area contributed by atoms with Gasteiger partial charge in [-0.3, -0.25) is 9.35 Å². The molecule has 0 saturated heterocycles. The van der Waals surface area contributed by atoms with Crippen molar-refractivity contribution < 1.29 is 31.9 Å². The molecule has 1 amide bonds. The SMILES string of the molecule is CCCC[n+]1ccn([C@@](C)(CN(C(C)=O)S(=O)(=O)O)C(=O)OC)c1. The molecule has 0 aliphatic rings.